The number of halogens is 1. The largest absolute Gasteiger partial charge is 0.465 e. The molecule has 0 saturated carbocycles. The van der Waals surface area contributed by atoms with E-state index in [1.54, 1.807) is 31.3 Å². The fourth-order valence-electron chi connectivity index (χ4n) is 1.62. The van der Waals surface area contributed by atoms with E-state index in [2.05, 4.69) is 5.10 Å². The first-order valence-electron chi connectivity index (χ1n) is 5.63. The van der Waals surface area contributed by atoms with Crippen molar-refractivity contribution in [2.75, 3.05) is 6.61 Å². The van der Waals surface area contributed by atoms with Crippen molar-refractivity contribution in [3.8, 4) is 11.1 Å². The summed E-state index contributed by atoms with van der Waals surface area (Å²) in [6, 6.07) is 6.43. The van der Waals surface area contributed by atoms with E-state index in [9.17, 15) is 9.18 Å². The summed E-state index contributed by atoms with van der Waals surface area (Å²) in [5.41, 5.74) is 1.10. The minimum absolute atomic E-state index is 0.0301. The molecular weight excluding hydrogens is 235 g/mol. The highest BCUT2D eigenvalue weighted by molar-refractivity contribution is 5.69. The summed E-state index contributed by atoms with van der Waals surface area (Å²) in [6.07, 6.45) is 3.15. The minimum Gasteiger partial charge on any atom is -0.465 e. The van der Waals surface area contributed by atoms with Crippen molar-refractivity contribution < 1.29 is 13.9 Å². The highest BCUT2D eigenvalue weighted by Gasteiger charge is 2.09. The number of benzene rings is 1. The van der Waals surface area contributed by atoms with Crippen molar-refractivity contribution in [1.29, 1.82) is 0 Å². The van der Waals surface area contributed by atoms with E-state index in [4.69, 9.17) is 4.74 Å². The summed E-state index contributed by atoms with van der Waals surface area (Å²) in [7, 11) is 0. The molecule has 0 N–H and O–H groups in total. The molecule has 0 aliphatic carbocycles. The zero-order valence-electron chi connectivity index (χ0n) is 9.97. The van der Waals surface area contributed by atoms with Crippen LogP contribution in [-0.2, 0) is 16.1 Å². The molecule has 0 unspecified atom stereocenters. The zero-order chi connectivity index (χ0) is 13.0. The third kappa shape index (κ3) is 2.74. The molecule has 0 fully saturated rings. The topological polar surface area (TPSA) is 44.1 Å². The zero-order valence-corrected chi connectivity index (χ0v) is 9.97. The van der Waals surface area contributed by atoms with Gasteiger partial charge in [-0.1, -0.05) is 18.2 Å². The summed E-state index contributed by atoms with van der Waals surface area (Å²) in [5, 5.41) is 4.01. The third-order valence-corrected chi connectivity index (χ3v) is 2.41. The van der Waals surface area contributed by atoms with Gasteiger partial charge < -0.3 is 4.74 Å². The standard InChI is InChI=1S/C13H13FN2O2/c1-2-18-13(17)9-16-8-10(7-15-16)11-5-3-4-6-12(11)14/h3-8H,2,9H2,1H3. The molecule has 1 aromatic carbocycles. The Balaban J connectivity index is 2.16. The van der Waals surface area contributed by atoms with Crippen LogP contribution < -0.4 is 0 Å². The van der Waals surface area contributed by atoms with Gasteiger partial charge in [0.15, 0.2) is 0 Å². The molecule has 0 aliphatic heterocycles. The summed E-state index contributed by atoms with van der Waals surface area (Å²) in [5.74, 6) is -0.672. The van der Waals surface area contributed by atoms with Gasteiger partial charge >= 0.3 is 5.97 Å². The first-order chi connectivity index (χ1) is 8.70. The number of carbonyl (C=O) groups excluding carboxylic acids is 1. The number of ether oxygens (including phenoxy) is 1. The fourth-order valence-corrected chi connectivity index (χ4v) is 1.62. The van der Waals surface area contributed by atoms with Crippen LogP contribution in [0.5, 0.6) is 0 Å². The molecule has 0 radical (unpaired) electrons. The molecule has 0 amide bonds. The van der Waals surface area contributed by atoms with E-state index in [0.717, 1.165) is 0 Å². The van der Waals surface area contributed by atoms with Crippen LogP contribution in [0.4, 0.5) is 4.39 Å². The molecule has 2 aromatic rings. The molecule has 0 bridgehead atoms. The van der Waals surface area contributed by atoms with Crippen LogP contribution in [-0.4, -0.2) is 22.4 Å². The van der Waals surface area contributed by atoms with E-state index in [0.29, 0.717) is 17.7 Å². The minimum atomic E-state index is -0.360. The second kappa shape index (κ2) is 5.44. The molecule has 5 heteroatoms. The number of aromatic nitrogens is 2. The summed E-state index contributed by atoms with van der Waals surface area (Å²) in [4.78, 5) is 11.3. The molecule has 0 saturated heterocycles. The molecule has 0 atom stereocenters. The van der Waals surface area contributed by atoms with Crippen molar-refractivity contribution in [3.63, 3.8) is 0 Å². The van der Waals surface area contributed by atoms with Crippen LogP contribution in [0.2, 0.25) is 0 Å². The van der Waals surface area contributed by atoms with Crippen molar-refractivity contribution in [1.82, 2.24) is 9.78 Å². The predicted molar refractivity (Wildman–Crippen MR) is 64.3 cm³/mol. The SMILES string of the molecule is CCOC(=O)Cn1cc(-c2ccccc2F)cn1. The summed E-state index contributed by atoms with van der Waals surface area (Å²) in [6.45, 7) is 2.11. The van der Waals surface area contributed by atoms with Gasteiger partial charge in [0.1, 0.15) is 12.4 Å². The van der Waals surface area contributed by atoms with Gasteiger partial charge in [-0.05, 0) is 13.0 Å². The molecule has 18 heavy (non-hydrogen) atoms. The predicted octanol–water partition coefficient (Wildman–Crippen LogP) is 2.25. The normalized spacial score (nSPS) is 10.3. The van der Waals surface area contributed by atoms with Gasteiger partial charge in [-0.2, -0.15) is 5.10 Å². The van der Waals surface area contributed by atoms with Crippen molar-refractivity contribution >= 4 is 5.97 Å². The van der Waals surface area contributed by atoms with Crippen LogP contribution in [0.1, 0.15) is 6.92 Å². The van der Waals surface area contributed by atoms with E-state index in [-0.39, 0.29) is 18.3 Å². The van der Waals surface area contributed by atoms with Gasteiger partial charge in [0.25, 0.3) is 0 Å². The Morgan fingerprint density at radius 1 is 1.44 bits per heavy atom. The van der Waals surface area contributed by atoms with E-state index < -0.39 is 0 Å². The van der Waals surface area contributed by atoms with Gasteiger partial charge in [-0.3, -0.25) is 9.48 Å². The Hall–Kier alpha value is -2.17. The molecule has 2 rings (SSSR count). The second-order valence-corrected chi connectivity index (χ2v) is 3.71. The molecule has 1 aromatic heterocycles. The van der Waals surface area contributed by atoms with Crippen LogP contribution in [0.25, 0.3) is 11.1 Å². The van der Waals surface area contributed by atoms with Gasteiger partial charge in [0.2, 0.25) is 0 Å². The molecule has 0 aliphatic rings. The van der Waals surface area contributed by atoms with Gasteiger partial charge in [-0.15, -0.1) is 0 Å². The Morgan fingerprint density at radius 2 is 2.22 bits per heavy atom. The number of hydrogen-bond acceptors (Lipinski definition) is 3. The molecule has 4 nitrogen and oxygen atoms in total. The number of nitrogens with zero attached hydrogens (tertiary/aromatic N) is 2. The van der Waals surface area contributed by atoms with E-state index >= 15 is 0 Å². The smallest absolute Gasteiger partial charge is 0.327 e. The van der Waals surface area contributed by atoms with Crippen molar-refractivity contribution in [3.05, 3.63) is 42.5 Å². The lowest BCUT2D eigenvalue weighted by Gasteiger charge is -2.01. The maximum Gasteiger partial charge on any atom is 0.327 e. The Kier molecular flexibility index (Phi) is 3.72. The quantitative estimate of drug-likeness (QED) is 0.779. The highest BCUT2D eigenvalue weighted by atomic mass is 19.1. The average Bonchev–Trinajstić information content (AvgIpc) is 2.78. The van der Waals surface area contributed by atoms with E-state index in [1.165, 1.54) is 16.9 Å². The Labute approximate surface area is 104 Å². The van der Waals surface area contributed by atoms with Gasteiger partial charge in [0.05, 0.1) is 12.8 Å². The maximum absolute atomic E-state index is 13.5. The van der Waals surface area contributed by atoms with Gasteiger partial charge in [0, 0.05) is 17.3 Å². The lowest BCUT2D eigenvalue weighted by Crippen LogP contribution is -2.13. The van der Waals surface area contributed by atoms with Crippen molar-refractivity contribution in [2.45, 2.75) is 13.5 Å². The first-order valence-corrected chi connectivity index (χ1v) is 5.63. The lowest BCUT2D eigenvalue weighted by atomic mass is 10.1. The van der Waals surface area contributed by atoms with E-state index in [1.807, 2.05) is 0 Å². The Bertz CT molecular complexity index is 551. The number of hydrogen-bond donors (Lipinski definition) is 0. The molecule has 0 spiro atoms. The summed E-state index contributed by atoms with van der Waals surface area (Å²) < 4.78 is 19.8. The number of rotatable bonds is 4. The number of esters is 1. The fraction of sp³-hybridized carbons (Fsp3) is 0.231. The molecule has 1 heterocycles. The van der Waals surface area contributed by atoms with Crippen LogP contribution in [0.3, 0.4) is 0 Å². The first kappa shape index (κ1) is 12.3. The van der Waals surface area contributed by atoms with Crippen LogP contribution in [0, 0.1) is 5.82 Å². The van der Waals surface area contributed by atoms with Crippen molar-refractivity contribution in [2.24, 2.45) is 0 Å². The van der Waals surface area contributed by atoms with Gasteiger partial charge in [-0.25, -0.2) is 4.39 Å². The monoisotopic (exact) mass is 248 g/mol. The third-order valence-electron chi connectivity index (χ3n) is 2.41. The lowest BCUT2D eigenvalue weighted by molar-refractivity contribution is -0.144. The van der Waals surface area contributed by atoms with Crippen LogP contribution in [0.15, 0.2) is 36.7 Å². The summed E-state index contributed by atoms with van der Waals surface area (Å²) >= 11 is 0. The second-order valence-electron chi connectivity index (χ2n) is 3.71. The average molecular weight is 248 g/mol. The highest BCUT2D eigenvalue weighted by Crippen LogP contribution is 2.21. The Morgan fingerprint density at radius 3 is 2.94 bits per heavy atom. The maximum atomic E-state index is 13.5. The van der Waals surface area contributed by atoms with Crippen LogP contribution >= 0.6 is 0 Å². The number of carbonyl (C=O) groups is 1. The molecule has 94 valence electrons. The molecular formula is C13H13FN2O2.